The summed E-state index contributed by atoms with van der Waals surface area (Å²) in [5.41, 5.74) is 0.321. The van der Waals surface area contributed by atoms with Crippen LogP contribution in [0.15, 0.2) is 28.9 Å². The van der Waals surface area contributed by atoms with Crippen LogP contribution < -0.4 is 10.0 Å². The Morgan fingerprint density at radius 2 is 2.20 bits per heavy atom. The molecule has 2 rings (SSSR count). The molecule has 0 fully saturated rings. The first kappa shape index (κ1) is 14.3. The van der Waals surface area contributed by atoms with Gasteiger partial charge in [0.05, 0.1) is 11.9 Å². The lowest BCUT2D eigenvalue weighted by Crippen LogP contribution is -2.12. The Morgan fingerprint density at radius 3 is 2.85 bits per heavy atom. The fourth-order valence-electron chi connectivity index (χ4n) is 1.20. The largest absolute Gasteiger partial charge is 0.301 e. The van der Waals surface area contributed by atoms with Gasteiger partial charge in [0.1, 0.15) is 0 Å². The average Bonchev–Trinajstić information content (AvgIpc) is 2.88. The molecule has 0 spiro atoms. The van der Waals surface area contributed by atoms with Gasteiger partial charge in [-0.05, 0) is 12.1 Å². The number of amides is 1. The molecule has 0 aliphatic heterocycles. The third-order valence-corrected chi connectivity index (χ3v) is 4.70. The van der Waals surface area contributed by atoms with Crippen LogP contribution in [0.25, 0.3) is 0 Å². The van der Waals surface area contributed by atoms with E-state index in [1.54, 1.807) is 19.1 Å². The van der Waals surface area contributed by atoms with Crippen LogP contribution in [0.4, 0.5) is 10.8 Å². The van der Waals surface area contributed by atoms with Gasteiger partial charge in [-0.1, -0.05) is 18.3 Å². The highest BCUT2D eigenvalue weighted by Gasteiger charge is 2.20. The maximum absolute atomic E-state index is 12.0. The monoisotopic (exact) mass is 313 g/mol. The average molecular weight is 313 g/mol. The number of hydrogen-bond donors (Lipinski definition) is 2. The van der Waals surface area contributed by atoms with E-state index in [-0.39, 0.29) is 21.8 Å². The summed E-state index contributed by atoms with van der Waals surface area (Å²) in [6.45, 7) is 1.68. The summed E-state index contributed by atoms with van der Waals surface area (Å²) in [6, 6.07) is 3.16. The third kappa shape index (κ3) is 3.48. The molecule has 0 saturated heterocycles. The van der Waals surface area contributed by atoms with Crippen LogP contribution in [0.5, 0.6) is 0 Å². The van der Waals surface area contributed by atoms with E-state index in [1.165, 1.54) is 12.4 Å². The second-order valence-corrected chi connectivity index (χ2v) is 6.46. The number of sulfonamides is 1. The molecule has 0 aliphatic rings. The SMILES string of the molecule is CCC(=O)Nc1nnc(S(=O)(=O)Nc2cccnc2)s1. The zero-order valence-corrected chi connectivity index (χ0v) is 12.0. The molecule has 1 amide bonds. The normalized spacial score (nSPS) is 11.1. The van der Waals surface area contributed by atoms with Crippen molar-refractivity contribution in [2.75, 3.05) is 10.0 Å². The van der Waals surface area contributed by atoms with Crippen molar-refractivity contribution in [3.8, 4) is 0 Å². The minimum Gasteiger partial charge on any atom is -0.301 e. The molecule has 2 N–H and O–H groups in total. The second-order valence-electron chi connectivity index (χ2n) is 3.62. The van der Waals surface area contributed by atoms with Gasteiger partial charge in [-0.15, -0.1) is 10.2 Å². The lowest BCUT2D eigenvalue weighted by Gasteiger charge is -2.03. The van der Waals surface area contributed by atoms with Gasteiger partial charge in [0.15, 0.2) is 0 Å². The number of aromatic nitrogens is 3. The van der Waals surface area contributed by atoms with Gasteiger partial charge in [0, 0.05) is 12.6 Å². The molecule has 2 heterocycles. The van der Waals surface area contributed by atoms with E-state index in [2.05, 4.69) is 25.2 Å². The molecule has 0 aliphatic carbocycles. The highest BCUT2D eigenvalue weighted by Crippen LogP contribution is 2.22. The summed E-state index contributed by atoms with van der Waals surface area (Å²) in [4.78, 5) is 15.0. The Hall–Kier alpha value is -2.07. The summed E-state index contributed by atoms with van der Waals surface area (Å²) < 4.78 is 26.1. The van der Waals surface area contributed by atoms with Crippen LogP contribution >= 0.6 is 11.3 Å². The lowest BCUT2D eigenvalue weighted by molar-refractivity contribution is -0.115. The highest BCUT2D eigenvalue weighted by atomic mass is 32.2. The van der Waals surface area contributed by atoms with E-state index in [9.17, 15) is 13.2 Å². The van der Waals surface area contributed by atoms with Crippen molar-refractivity contribution in [2.24, 2.45) is 0 Å². The molecule has 2 aromatic heterocycles. The van der Waals surface area contributed by atoms with Crippen molar-refractivity contribution in [1.29, 1.82) is 0 Å². The molecule has 0 saturated carbocycles. The highest BCUT2D eigenvalue weighted by molar-refractivity contribution is 7.94. The quantitative estimate of drug-likeness (QED) is 0.798. The number of carbonyl (C=O) groups excluding carboxylic acids is 1. The smallest absolute Gasteiger partial charge is 0.291 e. The molecule has 106 valence electrons. The van der Waals surface area contributed by atoms with Gasteiger partial charge in [0.25, 0.3) is 14.4 Å². The Balaban J connectivity index is 2.16. The molecule has 8 nitrogen and oxygen atoms in total. The number of pyridine rings is 1. The zero-order chi connectivity index (χ0) is 14.6. The van der Waals surface area contributed by atoms with Gasteiger partial charge < -0.3 is 5.32 Å². The second kappa shape index (κ2) is 5.92. The Labute approximate surface area is 119 Å². The van der Waals surface area contributed by atoms with Crippen LogP contribution in [-0.4, -0.2) is 29.5 Å². The number of nitrogens with one attached hydrogen (secondary N) is 2. The van der Waals surface area contributed by atoms with Crippen LogP contribution in [0, 0.1) is 0 Å². The maximum atomic E-state index is 12.0. The van der Waals surface area contributed by atoms with Crippen LogP contribution in [-0.2, 0) is 14.8 Å². The predicted molar refractivity (Wildman–Crippen MR) is 73.9 cm³/mol. The minimum absolute atomic E-state index is 0.142. The molecular formula is C10H11N5O3S2. The standard InChI is InChI=1S/C10H11N5O3S2/c1-2-8(16)12-9-13-14-10(19-9)20(17,18)15-7-4-3-5-11-6-7/h3-6,15H,2H2,1H3,(H,12,13,16). The first-order valence-electron chi connectivity index (χ1n) is 5.57. The van der Waals surface area contributed by atoms with Gasteiger partial charge in [0.2, 0.25) is 11.0 Å². The van der Waals surface area contributed by atoms with Gasteiger partial charge in [-0.25, -0.2) is 0 Å². The molecule has 0 aromatic carbocycles. The molecule has 0 atom stereocenters. The van der Waals surface area contributed by atoms with Crippen molar-refractivity contribution in [3.63, 3.8) is 0 Å². The molecule has 10 heteroatoms. The number of nitrogens with zero attached hydrogens (tertiary/aromatic N) is 3. The van der Waals surface area contributed by atoms with E-state index in [0.29, 0.717) is 5.69 Å². The van der Waals surface area contributed by atoms with Crippen molar-refractivity contribution in [1.82, 2.24) is 15.2 Å². The van der Waals surface area contributed by atoms with Crippen molar-refractivity contribution in [2.45, 2.75) is 17.7 Å². The summed E-state index contributed by atoms with van der Waals surface area (Å²) in [5, 5.41) is 9.76. The van der Waals surface area contributed by atoms with E-state index < -0.39 is 10.0 Å². The molecule has 0 unspecified atom stereocenters. The molecule has 0 radical (unpaired) electrons. The van der Waals surface area contributed by atoms with E-state index in [1.807, 2.05) is 0 Å². The van der Waals surface area contributed by atoms with Gasteiger partial charge >= 0.3 is 0 Å². The molecule has 2 aromatic rings. The summed E-state index contributed by atoms with van der Waals surface area (Å²) in [6.07, 6.45) is 3.18. The number of hydrogen-bond acceptors (Lipinski definition) is 7. The lowest BCUT2D eigenvalue weighted by atomic mass is 10.4. The van der Waals surface area contributed by atoms with E-state index >= 15 is 0 Å². The Bertz CT molecular complexity index is 699. The topological polar surface area (TPSA) is 114 Å². The minimum atomic E-state index is -3.83. The van der Waals surface area contributed by atoms with E-state index in [4.69, 9.17) is 0 Å². The van der Waals surface area contributed by atoms with Gasteiger partial charge in [-0.2, -0.15) is 8.42 Å². The first-order chi connectivity index (χ1) is 9.51. The van der Waals surface area contributed by atoms with Crippen LogP contribution in [0.3, 0.4) is 0 Å². The fraction of sp³-hybridized carbons (Fsp3) is 0.200. The molecule has 20 heavy (non-hydrogen) atoms. The summed E-state index contributed by atoms with van der Waals surface area (Å²) >= 11 is 0.778. The van der Waals surface area contributed by atoms with Gasteiger partial charge in [-0.3, -0.25) is 14.5 Å². The Kier molecular flexibility index (Phi) is 4.25. The van der Waals surface area contributed by atoms with Crippen molar-refractivity contribution in [3.05, 3.63) is 24.5 Å². The van der Waals surface area contributed by atoms with E-state index in [0.717, 1.165) is 11.3 Å². The predicted octanol–water partition coefficient (Wildman–Crippen LogP) is 1.08. The number of anilines is 2. The first-order valence-corrected chi connectivity index (χ1v) is 7.87. The fourth-order valence-corrected chi connectivity index (χ4v) is 3.16. The molecule has 0 bridgehead atoms. The number of rotatable bonds is 5. The zero-order valence-electron chi connectivity index (χ0n) is 10.4. The van der Waals surface area contributed by atoms with Crippen LogP contribution in [0.2, 0.25) is 0 Å². The number of carbonyl (C=O) groups is 1. The summed E-state index contributed by atoms with van der Waals surface area (Å²) in [5.74, 6) is -0.259. The third-order valence-electron chi connectivity index (χ3n) is 2.12. The molecular weight excluding hydrogens is 302 g/mol. The maximum Gasteiger partial charge on any atom is 0.291 e. The van der Waals surface area contributed by atoms with Crippen molar-refractivity contribution >= 4 is 38.1 Å². The summed E-state index contributed by atoms with van der Waals surface area (Å²) in [7, 11) is -3.83. The van der Waals surface area contributed by atoms with Crippen molar-refractivity contribution < 1.29 is 13.2 Å². The van der Waals surface area contributed by atoms with Crippen LogP contribution in [0.1, 0.15) is 13.3 Å². The Morgan fingerprint density at radius 1 is 1.40 bits per heavy atom.